The zero-order valence-corrected chi connectivity index (χ0v) is 17.5. The van der Waals surface area contributed by atoms with Crippen molar-refractivity contribution < 1.29 is 9.59 Å². The Hall–Kier alpha value is -2.62. The fraction of sp³-hybridized carbons (Fsp3) is 0.417. The standard InChI is InChI=1S/C24H32N2O2/c1-5-22(24(28)25-6-2)26(15-14-20-10-8-7-9-11-20)23(27)17-21-13-12-18(3)19(4)16-21/h7-13,16,22H,5-6,14-15,17H2,1-4H3,(H,25,28)/t22-/m1/s1. The van der Waals surface area contributed by atoms with Gasteiger partial charge >= 0.3 is 0 Å². The maximum Gasteiger partial charge on any atom is 0.242 e. The van der Waals surface area contributed by atoms with Crippen LogP contribution in [0.5, 0.6) is 0 Å². The lowest BCUT2D eigenvalue weighted by atomic mass is 10.0. The van der Waals surface area contributed by atoms with E-state index in [2.05, 4.69) is 37.4 Å². The number of amides is 2. The lowest BCUT2D eigenvalue weighted by molar-refractivity contribution is -0.140. The number of hydrogen-bond acceptors (Lipinski definition) is 2. The molecule has 2 amide bonds. The number of carbonyl (C=O) groups is 2. The monoisotopic (exact) mass is 380 g/mol. The van der Waals surface area contributed by atoms with Crippen molar-refractivity contribution in [3.63, 3.8) is 0 Å². The van der Waals surface area contributed by atoms with Crippen molar-refractivity contribution in [1.29, 1.82) is 0 Å². The molecule has 0 saturated heterocycles. The molecule has 0 fully saturated rings. The first-order chi connectivity index (χ1) is 13.5. The number of benzene rings is 2. The molecule has 4 nitrogen and oxygen atoms in total. The molecule has 0 unspecified atom stereocenters. The second-order valence-corrected chi connectivity index (χ2v) is 7.24. The van der Waals surface area contributed by atoms with Crippen LogP contribution in [0, 0.1) is 13.8 Å². The highest BCUT2D eigenvalue weighted by Gasteiger charge is 2.27. The van der Waals surface area contributed by atoms with Gasteiger partial charge in [0.2, 0.25) is 11.8 Å². The van der Waals surface area contributed by atoms with Crippen molar-refractivity contribution in [2.45, 2.75) is 53.0 Å². The topological polar surface area (TPSA) is 49.4 Å². The summed E-state index contributed by atoms with van der Waals surface area (Å²) < 4.78 is 0. The van der Waals surface area contributed by atoms with Crippen molar-refractivity contribution in [2.24, 2.45) is 0 Å². The molecule has 28 heavy (non-hydrogen) atoms. The van der Waals surface area contributed by atoms with E-state index < -0.39 is 6.04 Å². The van der Waals surface area contributed by atoms with E-state index in [4.69, 9.17) is 0 Å². The lowest BCUT2D eigenvalue weighted by Crippen LogP contribution is -2.50. The Balaban J connectivity index is 2.20. The Kier molecular flexibility index (Phi) is 8.24. The second-order valence-electron chi connectivity index (χ2n) is 7.24. The van der Waals surface area contributed by atoms with Crippen molar-refractivity contribution in [2.75, 3.05) is 13.1 Å². The van der Waals surface area contributed by atoms with Crippen LogP contribution >= 0.6 is 0 Å². The molecule has 1 atom stereocenters. The number of aryl methyl sites for hydroxylation is 2. The molecule has 2 aromatic carbocycles. The molecule has 4 heteroatoms. The average molecular weight is 381 g/mol. The molecular weight excluding hydrogens is 348 g/mol. The quantitative estimate of drug-likeness (QED) is 0.719. The Bertz CT molecular complexity index is 786. The minimum absolute atomic E-state index is 0.00251. The highest BCUT2D eigenvalue weighted by molar-refractivity contribution is 5.88. The van der Waals surface area contributed by atoms with Crippen LogP contribution in [-0.2, 0) is 22.4 Å². The van der Waals surface area contributed by atoms with Crippen LogP contribution < -0.4 is 5.32 Å². The van der Waals surface area contributed by atoms with Gasteiger partial charge in [-0.3, -0.25) is 9.59 Å². The van der Waals surface area contributed by atoms with Crippen LogP contribution in [-0.4, -0.2) is 35.8 Å². The number of hydrogen-bond donors (Lipinski definition) is 1. The van der Waals surface area contributed by atoms with Gasteiger partial charge in [-0.2, -0.15) is 0 Å². The Morgan fingerprint density at radius 2 is 1.68 bits per heavy atom. The first-order valence-electron chi connectivity index (χ1n) is 10.1. The van der Waals surface area contributed by atoms with Crippen molar-refractivity contribution in [3.05, 3.63) is 70.8 Å². The summed E-state index contributed by atoms with van der Waals surface area (Å²) in [4.78, 5) is 27.5. The molecule has 150 valence electrons. The molecule has 0 bridgehead atoms. The summed E-state index contributed by atoms with van der Waals surface area (Å²) in [6, 6.07) is 15.8. The number of nitrogens with one attached hydrogen (secondary N) is 1. The zero-order chi connectivity index (χ0) is 20.5. The van der Waals surface area contributed by atoms with Gasteiger partial charge in [-0.25, -0.2) is 0 Å². The summed E-state index contributed by atoms with van der Waals surface area (Å²) in [6.07, 6.45) is 1.64. The molecule has 0 heterocycles. The van der Waals surface area contributed by atoms with Gasteiger partial charge in [0.1, 0.15) is 6.04 Å². The van der Waals surface area contributed by atoms with Crippen LogP contribution in [0.1, 0.15) is 42.5 Å². The van der Waals surface area contributed by atoms with Gasteiger partial charge in [-0.05, 0) is 55.9 Å². The fourth-order valence-electron chi connectivity index (χ4n) is 3.38. The highest BCUT2D eigenvalue weighted by atomic mass is 16.2. The molecule has 2 aromatic rings. The van der Waals surface area contributed by atoms with Crippen LogP contribution in [0.2, 0.25) is 0 Å². The van der Waals surface area contributed by atoms with E-state index >= 15 is 0 Å². The Labute approximate surface area is 169 Å². The van der Waals surface area contributed by atoms with Gasteiger partial charge in [-0.1, -0.05) is 55.5 Å². The first kappa shape index (κ1) is 21.7. The van der Waals surface area contributed by atoms with Crippen molar-refractivity contribution in [3.8, 4) is 0 Å². The summed E-state index contributed by atoms with van der Waals surface area (Å²) in [5.41, 5.74) is 4.54. The molecule has 1 N–H and O–H groups in total. The normalized spacial score (nSPS) is 11.7. The summed E-state index contributed by atoms with van der Waals surface area (Å²) in [5, 5.41) is 2.88. The summed E-state index contributed by atoms with van der Waals surface area (Å²) >= 11 is 0. The first-order valence-corrected chi connectivity index (χ1v) is 10.1. The molecular formula is C24H32N2O2. The fourth-order valence-corrected chi connectivity index (χ4v) is 3.38. The van der Waals surface area contributed by atoms with Gasteiger partial charge in [-0.15, -0.1) is 0 Å². The smallest absolute Gasteiger partial charge is 0.242 e. The van der Waals surface area contributed by atoms with Gasteiger partial charge in [0.05, 0.1) is 6.42 Å². The number of likely N-dealkylation sites (N-methyl/N-ethyl adjacent to an activating group) is 1. The zero-order valence-electron chi connectivity index (χ0n) is 17.5. The Morgan fingerprint density at radius 1 is 0.964 bits per heavy atom. The van der Waals surface area contributed by atoms with E-state index in [1.807, 2.05) is 44.2 Å². The van der Waals surface area contributed by atoms with Gasteiger partial charge in [0, 0.05) is 13.1 Å². The van der Waals surface area contributed by atoms with Crippen LogP contribution in [0.4, 0.5) is 0 Å². The predicted molar refractivity (Wildman–Crippen MR) is 114 cm³/mol. The second kappa shape index (κ2) is 10.6. The Morgan fingerprint density at radius 3 is 2.29 bits per heavy atom. The van der Waals surface area contributed by atoms with E-state index in [0.29, 0.717) is 25.9 Å². The predicted octanol–water partition coefficient (Wildman–Crippen LogP) is 3.83. The largest absolute Gasteiger partial charge is 0.355 e. The van der Waals surface area contributed by atoms with Gasteiger partial charge in [0.25, 0.3) is 0 Å². The molecule has 0 saturated carbocycles. The number of rotatable bonds is 9. The van der Waals surface area contributed by atoms with Gasteiger partial charge < -0.3 is 10.2 Å². The summed E-state index contributed by atoms with van der Waals surface area (Å²) in [6.45, 7) is 9.07. The third kappa shape index (κ3) is 5.95. The molecule has 2 rings (SSSR count). The van der Waals surface area contributed by atoms with E-state index in [9.17, 15) is 9.59 Å². The molecule has 0 aliphatic heterocycles. The third-order valence-electron chi connectivity index (χ3n) is 5.15. The average Bonchev–Trinajstić information content (AvgIpc) is 2.68. The number of nitrogens with zero attached hydrogens (tertiary/aromatic N) is 1. The summed E-state index contributed by atoms with van der Waals surface area (Å²) in [5.74, 6) is -0.0798. The van der Waals surface area contributed by atoms with Crippen LogP contribution in [0.15, 0.2) is 48.5 Å². The highest BCUT2D eigenvalue weighted by Crippen LogP contribution is 2.14. The van der Waals surface area contributed by atoms with Gasteiger partial charge in [0.15, 0.2) is 0 Å². The molecule has 0 aliphatic carbocycles. The maximum atomic E-state index is 13.2. The number of carbonyl (C=O) groups excluding carboxylic acids is 2. The molecule has 0 aliphatic rings. The van der Waals surface area contributed by atoms with E-state index in [1.165, 1.54) is 11.1 Å². The third-order valence-corrected chi connectivity index (χ3v) is 5.15. The molecule has 0 spiro atoms. The van der Waals surface area contributed by atoms with Crippen molar-refractivity contribution >= 4 is 11.8 Å². The minimum Gasteiger partial charge on any atom is -0.355 e. The SMILES string of the molecule is CCNC(=O)[C@@H](CC)N(CCc1ccccc1)C(=O)Cc1ccc(C)c(C)c1. The van der Waals surface area contributed by atoms with Crippen LogP contribution in [0.3, 0.4) is 0 Å². The van der Waals surface area contributed by atoms with Crippen molar-refractivity contribution in [1.82, 2.24) is 10.2 Å². The summed E-state index contributed by atoms with van der Waals surface area (Å²) in [7, 11) is 0. The maximum absolute atomic E-state index is 13.2. The molecule has 0 aromatic heterocycles. The minimum atomic E-state index is -0.442. The molecule has 0 radical (unpaired) electrons. The van der Waals surface area contributed by atoms with E-state index in [0.717, 1.165) is 17.5 Å². The van der Waals surface area contributed by atoms with E-state index in [1.54, 1.807) is 4.90 Å². The van der Waals surface area contributed by atoms with Crippen LogP contribution in [0.25, 0.3) is 0 Å². The van der Waals surface area contributed by atoms with E-state index in [-0.39, 0.29) is 11.8 Å². The lowest BCUT2D eigenvalue weighted by Gasteiger charge is -2.30.